The average Bonchev–Trinajstić information content (AvgIpc) is 3.04. The Labute approximate surface area is 170 Å². The number of nitrogens with one attached hydrogen (secondary N) is 3. The van der Waals surface area contributed by atoms with Gasteiger partial charge in [0.25, 0.3) is 0 Å². The minimum Gasteiger partial charge on any atom is -0.361 e. The molecule has 1 aromatic heterocycles. The molecule has 2 aromatic carbocycles. The Balaban J connectivity index is 0.00000243. The number of fused-ring (bicyclic) bond motifs is 1. The van der Waals surface area contributed by atoms with Gasteiger partial charge in [-0.2, -0.15) is 0 Å². The van der Waals surface area contributed by atoms with E-state index >= 15 is 0 Å². The molecule has 0 fully saturated rings. The van der Waals surface area contributed by atoms with Crippen LogP contribution in [0.25, 0.3) is 10.9 Å². The predicted octanol–water partition coefficient (Wildman–Crippen LogP) is 4.14. The van der Waals surface area contributed by atoms with E-state index in [1.165, 1.54) is 28.1 Å². The van der Waals surface area contributed by atoms with Crippen LogP contribution in [0.15, 0.2) is 53.7 Å². The first-order chi connectivity index (χ1) is 12.2. The van der Waals surface area contributed by atoms with Gasteiger partial charge in [-0.25, -0.2) is 4.39 Å². The van der Waals surface area contributed by atoms with Crippen LogP contribution in [0.1, 0.15) is 16.7 Å². The first-order valence-electron chi connectivity index (χ1n) is 8.42. The summed E-state index contributed by atoms with van der Waals surface area (Å²) in [6.45, 7) is 3.26. The summed E-state index contributed by atoms with van der Waals surface area (Å²) in [5.74, 6) is 0.457. The number of nitrogens with zero attached hydrogens (tertiary/aromatic N) is 1. The largest absolute Gasteiger partial charge is 0.361 e. The summed E-state index contributed by atoms with van der Waals surface area (Å²) in [5.41, 5.74) is 4.34. The summed E-state index contributed by atoms with van der Waals surface area (Å²) in [5, 5.41) is 7.68. The number of aromatic nitrogens is 1. The van der Waals surface area contributed by atoms with E-state index < -0.39 is 0 Å². The van der Waals surface area contributed by atoms with Crippen LogP contribution < -0.4 is 10.6 Å². The van der Waals surface area contributed by atoms with E-state index in [1.807, 2.05) is 6.07 Å². The van der Waals surface area contributed by atoms with E-state index in [4.69, 9.17) is 0 Å². The minimum absolute atomic E-state index is 0. The quantitative estimate of drug-likeness (QED) is 0.301. The lowest BCUT2D eigenvalue weighted by molar-refractivity contribution is 0.604. The summed E-state index contributed by atoms with van der Waals surface area (Å²) >= 11 is 0. The summed E-state index contributed by atoms with van der Waals surface area (Å²) in [6, 6.07) is 13.1. The molecule has 0 radical (unpaired) electrons. The zero-order valence-electron chi connectivity index (χ0n) is 15.0. The van der Waals surface area contributed by atoms with Crippen LogP contribution >= 0.6 is 24.0 Å². The van der Waals surface area contributed by atoms with Crippen LogP contribution in [0.4, 0.5) is 4.39 Å². The molecular weight excluding hydrogens is 442 g/mol. The van der Waals surface area contributed by atoms with Crippen molar-refractivity contribution in [1.82, 2.24) is 15.6 Å². The Morgan fingerprint density at radius 2 is 1.88 bits per heavy atom. The molecule has 3 N–H and O–H groups in total. The number of halogens is 2. The van der Waals surface area contributed by atoms with Crippen LogP contribution in [-0.2, 0) is 13.0 Å². The van der Waals surface area contributed by atoms with Gasteiger partial charge >= 0.3 is 0 Å². The highest BCUT2D eigenvalue weighted by molar-refractivity contribution is 14.0. The molecule has 0 atom stereocenters. The van der Waals surface area contributed by atoms with Crippen LogP contribution in [0, 0.1) is 12.7 Å². The van der Waals surface area contributed by atoms with Gasteiger partial charge in [-0.15, -0.1) is 24.0 Å². The monoisotopic (exact) mass is 466 g/mol. The smallest absolute Gasteiger partial charge is 0.191 e. The van der Waals surface area contributed by atoms with Crippen molar-refractivity contribution in [3.8, 4) is 0 Å². The van der Waals surface area contributed by atoms with Gasteiger partial charge in [0.1, 0.15) is 5.82 Å². The first-order valence-corrected chi connectivity index (χ1v) is 8.42. The van der Waals surface area contributed by atoms with Crippen molar-refractivity contribution >= 4 is 40.8 Å². The molecular formula is C20H24FIN4. The Kier molecular flexibility index (Phi) is 7.44. The first kappa shape index (κ1) is 20.2. The molecule has 0 aliphatic carbocycles. The maximum absolute atomic E-state index is 13.7. The predicted molar refractivity (Wildman–Crippen MR) is 117 cm³/mol. The highest BCUT2D eigenvalue weighted by Crippen LogP contribution is 2.21. The summed E-state index contributed by atoms with van der Waals surface area (Å²) in [6.07, 6.45) is 2.94. The van der Waals surface area contributed by atoms with Gasteiger partial charge in [0.05, 0.1) is 0 Å². The Hall–Kier alpha value is -2.09. The number of guanidine groups is 1. The van der Waals surface area contributed by atoms with Crippen molar-refractivity contribution in [2.24, 2.45) is 4.99 Å². The molecule has 0 saturated carbocycles. The normalized spacial score (nSPS) is 11.3. The molecule has 0 amide bonds. The van der Waals surface area contributed by atoms with Gasteiger partial charge in [-0.3, -0.25) is 4.99 Å². The van der Waals surface area contributed by atoms with Gasteiger partial charge in [0, 0.05) is 42.8 Å². The second kappa shape index (κ2) is 9.56. The third kappa shape index (κ3) is 4.75. The number of para-hydroxylation sites is 1. The standard InChI is InChI=1S/C20H23FN4.HI/c1-14-6-5-8-17-15(12-24-19(14)17)10-11-23-20(22-2)25-13-16-7-3-4-9-18(16)21;/h3-9,12,24H,10-11,13H2,1-2H3,(H2,22,23,25);1H. The van der Waals surface area contributed by atoms with Gasteiger partial charge in [-0.05, 0) is 30.5 Å². The number of aromatic amines is 1. The summed E-state index contributed by atoms with van der Waals surface area (Å²) in [7, 11) is 1.71. The molecule has 26 heavy (non-hydrogen) atoms. The SMILES string of the molecule is CN=C(NCCc1c[nH]c2c(C)cccc12)NCc1ccccc1F.I. The van der Waals surface area contributed by atoms with Crippen LogP contribution in [-0.4, -0.2) is 24.5 Å². The van der Waals surface area contributed by atoms with Crippen molar-refractivity contribution in [3.63, 3.8) is 0 Å². The molecule has 0 aliphatic heterocycles. The lowest BCUT2D eigenvalue weighted by atomic mass is 10.1. The average molecular weight is 466 g/mol. The van der Waals surface area contributed by atoms with E-state index in [0.717, 1.165) is 13.0 Å². The lowest BCUT2D eigenvalue weighted by Gasteiger charge is -2.12. The summed E-state index contributed by atoms with van der Waals surface area (Å²) < 4.78 is 13.7. The van der Waals surface area contributed by atoms with E-state index in [-0.39, 0.29) is 29.8 Å². The molecule has 0 unspecified atom stereocenters. The van der Waals surface area contributed by atoms with Crippen molar-refractivity contribution in [2.75, 3.05) is 13.6 Å². The van der Waals surface area contributed by atoms with E-state index in [1.54, 1.807) is 19.2 Å². The zero-order chi connectivity index (χ0) is 17.6. The van der Waals surface area contributed by atoms with Crippen molar-refractivity contribution in [2.45, 2.75) is 19.9 Å². The van der Waals surface area contributed by atoms with E-state index in [2.05, 4.69) is 51.9 Å². The Morgan fingerprint density at radius 3 is 2.65 bits per heavy atom. The molecule has 3 rings (SSSR count). The fraction of sp³-hybridized carbons (Fsp3) is 0.250. The number of aliphatic imine (C=N–C) groups is 1. The lowest BCUT2D eigenvalue weighted by Crippen LogP contribution is -2.38. The second-order valence-electron chi connectivity index (χ2n) is 6.01. The van der Waals surface area contributed by atoms with Crippen LogP contribution in [0.2, 0.25) is 0 Å². The molecule has 138 valence electrons. The molecule has 3 aromatic rings. The molecule has 4 nitrogen and oxygen atoms in total. The third-order valence-corrected chi connectivity index (χ3v) is 4.32. The highest BCUT2D eigenvalue weighted by Gasteiger charge is 2.06. The summed E-state index contributed by atoms with van der Waals surface area (Å²) in [4.78, 5) is 7.54. The fourth-order valence-corrected chi connectivity index (χ4v) is 2.93. The molecule has 0 saturated heterocycles. The van der Waals surface area contributed by atoms with Gasteiger partial charge in [0.2, 0.25) is 0 Å². The number of rotatable bonds is 5. The van der Waals surface area contributed by atoms with Crippen LogP contribution in [0.5, 0.6) is 0 Å². The van der Waals surface area contributed by atoms with Crippen molar-refractivity contribution < 1.29 is 4.39 Å². The molecule has 0 spiro atoms. The highest BCUT2D eigenvalue weighted by atomic mass is 127. The Bertz CT molecular complexity index is 888. The van der Waals surface area contributed by atoms with Gasteiger partial charge in [-0.1, -0.05) is 36.4 Å². The van der Waals surface area contributed by atoms with Gasteiger partial charge in [0.15, 0.2) is 5.96 Å². The number of H-pyrrole nitrogens is 1. The fourth-order valence-electron chi connectivity index (χ4n) is 2.93. The van der Waals surface area contributed by atoms with Crippen molar-refractivity contribution in [1.29, 1.82) is 0 Å². The number of benzene rings is 2. The Morgan fingerprint density at radius 1 is 1.08 bits per heavy atom. The third-order valence-electron chi connectivity index (χ3n) is 4.32. The maximum Gasteiger partial charge on any atom is 0.191 e. The van der Waals surface area contributed by atoms with E-state index in [9.17, 15) is 4.39 Å². The zero-order valence-corrected chi connectivity index (χ0v) is 17.3. The minimum atomic E-state index is -0.209. The number of aryl methyl sites for hydroxylation is 1. The van der Waals surface area contributed by atoms with Crippen LogP contribution in [0.3, 0.4) is 0 Å². The number of hydrogen-bond donors (Lipinski definition) is 3. The molecule has 0 bridgehead atoms. The van der Waals surface area contributed by atoms with E-state index in [0.29, 0.717) is 18.1 Å². The van der Waals surface area contributed by atoms with Gasteiger partial charge < -0.3 is 15.6 Å². The second-order valence-corrected chi connectivity index (χ2v) is 6.01. The van der Waals surface area contributed by atoms with Crippen molar-refractivity contribution in [3.05, 3.63) is 71.2 Å². The molecule has 1 heterocycles. The number of hydrogen-bond acceptors (Lipinski definition) is 1. The maximum atomic E-state index is 13.7. The molecule has 0 aliphatic rings. The topological polar surface area (TPSA) is 52.2 Å². The molecule has 6 heteroatoms.